The van der Waals surface area contributed by atoms with Gasteiger partial charge in [0.15, 0.2) is 0 Å². The van der Waals surface area contributed by atoms with E-state index in [2.05, 4.69) is 20.2 Å². The summed E-state index contributed by atoms with van der Waals surface area (Å²) in [7, 11) is 1.54. The molecule has 7 nitrogen and oxygen atoms in total. The van der Waals surface area contributed by atoms with Crippen molar-refractivity contribution in [2.24, 2.45) is 0 Å². The predicted molar refractivity (Wildman–Crippen MR) is 75.1 cm³/mol. The zero-order chi connectivity index (χ0) is 14.7. The molecule has 0 bridgehead atoms. The highest BCUT2D eigenvalue weighted by Gasteiger charge is 2.27. The maximum atomic E-state index is 12.6. The average molecular weight is 287 g/mol. The zero-order valence-corrected chi connectivity index (χ0v) is 11.8. The largest absolute Gasteiger partial charge is 0.481 e. The minimum atomic E-state index is -0.0000784. The van der Waals surface area contributed by atoms with Crippen LogP contribution in [-0.2, 0) is 0 Å². The van der Waals surface area contributed by atoms with Gasteiger partial charge < -0.3 is 9.64 Å². The first-order chi connectivity index (χ1) is 10.3. The number of piperidine rings is 1. The van der Waals surface area contributed by atoms with E-state index in [-0.39, 0.29) is 11.8 Å². The van der Waals surface area contributed by atoms with Gasteiger partial charge in [0.1, 0.15) is 12.2 Å². The fraction of sp³-hybridized carbons (Fsp3) is 0.429. The molecule has 1 atom stereocenters. The van der Waals surface area contributed by atoms with E-state index in [1.807, 2.05) is 4.90 Å². The van der Waals surface area contributed by atoms with E-state index in [9.17, 15) is 4.79 Å². The summed E-state index contributed by atoms with van der Waals surface area (Å²) in [6, 6.07) is 3.38. The van der Waals surface area contributed by atoms with E-state index < -0.39 is 0 Å². The third-order valence-corrected chi connectivity index (χ3v) is 3.72. The van der Waals surface area contributed by atoms with Crippen LogP contribution in [0.3, 0.4) is 0 Å². The summed E-state index contributed by atoms with van der Waals surface area (Å²) in [5.74, 6) is 1.51. The Kier molecular flexibility index (Phi) is 3.81. The number of H-pyrrole nitrogens is 1. The Morgan fingerprint density at radius 2 is 2.38 bits per heavy atom. The quantitative estimate of drug-likeness (QED) is 0.917. The summed E-state index contributed by atoms with van der Waals surface area (Å²) in [5, 5.41) is 6.78. The highest BCUT2D eigenvalue weighted by atomic mass is 16.5. The van der Waals surface area contributed by atoms with Crippen LogP contribution in [-0.4, -0.2) is 51.2 Å². The molecule has 1 amide bonds. The highest BCUT2D eigenvalue weighted by Crippen LogP contribution is 2.25. The molecule has 0 aliphatic carbocycles. The molecule has 7 heteroatoms. The molecule has 1 aliphatic heterocycles. The predicted octanol–water partition coefficient (Wildman–Crippen LogP) is 1.23. The highest BCUT2D eigenvalue weighted by molar-refractivity contribution is 5.94. The topological polar surface area (TPSA) is 84.0 Å². The fourth-order valence-electron chi connectivity index (χ4n) is 2.63. The van der Waals surface area contributed by atoms with Crippen molar-refractivity contribution in [3.63, 3.8) is 0 Å². The molecular weight excluding hydrogens is 270 g/mol. The molecule has 0 spiro atoms. The molecule has 0 aromatic carbocycles. The van der Waals surface area contributed by atoms with Crippen LogP contribution in [0.25, 0.3) is 0 Å². The van der Waals surface area contributed by atoms with Gasteiger partial charge in [0.05, 0.1) is 7.11 Å². The minimum absolute atomic E-state index is 0.0000784. The molecule has 110 valence electrons. The van der Waals surface area contributed by atoms with Crippen molar-refractivity contribution in [1.82, 2.24) is 25.1 Å². The van der Waals surface area contributed by atoms with Gasteiger partial charge in [-0.1, -0.05) is 0 Å². The van der Waals surface area contributed by atoms with Gasteiger partial charge in [-0.2, -0.15) is 5.10 Å². The number of methoxy groups -OCH3 is 1. The van der Waals surface area contributed by atoms with Gasteiger partial charge in [0.2, 0.25) is 5.88 Å². The van der Waals surface area contributed by atoms with Gasteiger partial charge in [0.25, 0.3) is 5.91 Å². The van der Waals surface area contributed by atoms with Crippen LogP contribution in [0.4, 0.5) is 0 Å². The lowest BCUT2D eigenvalue weighted by Crippen LogP contribution is -2.39. The standard InChI is InChI=1S/C14H17N5O2/c1-21-12-7-10(4-5-15-12)14(20)19-6-2-3-11(8-19)13-16-9-17-18-13/h4-5,7,9,11H,2-3,6,8H2,1H3,(H,16,17,18)/t11-/m1/s1. The van der Waals surface area contributed by atoms with E-state index in [0.29, 0.717) is 18.0 Å². The van der Waals surface area contributed by atoms with Crippen LogP contribution in [0.15, 0.2) is 24.7 Å². The molecule has 3 rings (SSSR count). The maximum absolute atomic E-state index is 12.6. The van der Waals surface area contributed by atoms with Gasteiger partial charge >= 0.3 is 0 Å². The van der Waals surface area contributed by atoms with E-state index >= 15 is 0 Å². The summed E-state index contributed by atoms with van der Waals surface area (Å²) in [4.78, 5) is 22.7. The van der Waals surface area contributed by atoms with Crippen molar-refractivity contribution >= 4 is 5.91 Å². The third kappa shape index (κ3) is 2.86. The normalized spacial score (nSPS) is 18.5. The first-order valence-electron chi connectivity index (χ1n) is 6.92. The third-order valence-electron chi connectivity index (χ3n) is 3.72. The van der Waals surface area contributed by atoms with Gasteiger partial charge in [-0.3, -0.25) is 9.89 Å². The number of nitrogens with one attached hydrogen (secondary N) is 1. The zero-order valence-electron chi connectivity index (χ0n) is 11.8. The van der Waals surface area contributed by atoms with E-state index in [1.54, 1.807) is 18.3 Å². The van der Waals surface area contributed by atoms with Gasteiger partial charge in [-0.25, -0.2) is 9.97 Å². The van der Waals surface area contributed by atoms with Crippen molar-refractivity contribution in [3.8, 4) is 5.88 Å². The SMILES string of the molecule is COc1cc(C(=O)N2CCC[C@@H](c3ncn[nH]3)C2)ccn1. The van der Waals surface area contributed by atoms with Crippen LogP contribution in [0, 0.1) is 0 Å². The average Bonchev–Trinajstić information content (AvgIpc) is 3.09. The molecule has 3 heterocycles. The Hall–Kier alpha value is -2.44. The van der Waals surface area contributed by atoms with E-state index in [1.165, 1.54) is 13.4 Å². The molecule has 2 aromatic heterocycles. The van der Waals surface area contributed by atoms with E-state index in [4.69, 9.17) is 4.74 Å². The summed E-state index contributed by atoms with van der Waals surface area (Å²) >= 11 is 0. The number of carbonyl (C=O) groups excluding carboxylic acids is 1. The first kappa shape index (κ1) is 13.5. The van der Waals surface area contributed by atoms with Gasteiger partial charge in [-0.15, -0.1) is 0 Å². The Bertz CT molecular complexity index is 614. The molecule has 1 aliphatic rings. The number of rotatable bonds is 3. The Balaban J connectivity index is 1.74. The van der Waals surface area contributed by atoms with Crippen molar-refractivity contribution in [2.75, 3.05) is 20.2 Å². The van der Waals surface area contributed by atoms with Gasteiger partial charge in [0, 0.05) is 36.8 Å². The van der Waals surface area contributed by atoms with Crippen molar-refractivity contribution < 1.29 is 9.53 Å². The van der Waals surface area contributed by atoms with Crippen LogP contribution in [0.2, 0.25) is 0 Å². The summed E-state index contributed by atoms with van der Waals surface area (Å²) in [5.41, 5.74) is 0.597. The van der Waals surface area contributed by atoms with Crippen LogP contribution >= 0.6 is 0 Å². The number of ether oxygens (including phenoxy) is 1. The molecule has 1 saturated heterocycles. The molecular formula is C14H17N5O2. The Labute approximate surface area is 122 Å². The summed E-state index contributed by atoms with van der Waals surface area (Å²) < 4.78 is 5.07. The number of aromatic nitrogens is 4. The monoisotopic (exact) mass is 287 g/mol. The second-order valence-electron chi connectivity index (χ2n) is 5.05. The number of hydrogen-bond acceptors (Lipinski definition) is 5. The number of pyridine rings is 1. The second-order valence-corrected chi connectivity index (χ2v) is 5.05. The molecule has 2 aromatic rings. The summed E-state index contributed by atoms with van der Waals surface area (Å²) in [6.45, 7) is 1.41. The summed E-state index contributed by atoms with van der Waals surface area (Å²) in [6.07, 6.45) is 5.06. The molecule has 0 unspecified atom stereocenters. The molecule has 1 fully saturated rings. The lowest BCUT2D eigenvalue weighted by atomic mass is 9.97. The lowest BCUT2D eigenvalue weighted by Gasteiger charge is -2.31. The van der Waals surface area contributed by atoms with Crippen molar-refractivity contribution in [1.29, 1.82) is 0 Å². The molecule has 21 heavy (non-hydrogen) atoms. The molecule has 1 N–H and O–H groups in total. The lowest BCUT2D eigenvalue weighted by molar-refractivity contribution is 0.0704. The molecule has 0 saturated carbocycles. The van der Waals surface area contributed by atoms with Gasteiger partial charge in [-0.05, 0) is 18.9 Å². The smallest absolute Gasteiger partial charge is 0.254 e. The van der Waals surface area contributed by atoms with Crippen molar-refractivity contribution in [2.45, 2.75) is 18.8 Å². The first-order valence-corrected chi connectivity index (χ1v) is 6.92. The van der Waals surface area contributed by atoms with E-state index in [0.717, 1.165) is 25.2 Å². The van der Waals surface area contributed by atoms with Crippen LogP contribution in [0.5, 0.6) is 5.88 Å². The Morgan fingerprint density at radius 3 is 3.14 bits per heavy atom. The second kappa shape index (κ2) is 5.90. The number of carbonyl (C=O) groups is 1. The number of nitrogens with zero attached hydrogens (tertiary/aromatic N) is 4. The minimum Gasteiger partial charge on any atom is -0.481 e. The number of likely N-dealkylation sites (tertiary alicyclic amines) is 1. The van der Waals surface area contributed by atoms with Crippen LogP contribution < -0.4 is 4.74 Å². The fourth-order valence-corrected chi connectivity index (χ4v) is 2.63. The van der Waals surface area contributed by atoms with Crippen molar-refractivity contribution in [3.05, 3.63) is 36.0 Å². The Morgan fingerprint density at radius 1 is 1.48 bits per heavy atom. The molecule has 0 radical (unpaired) electrons. The van der Waals surface area contributed by atoms with Crippen LogP contribution in [0.1, 0.15) is 34.9 Å². The number of hydrogen-bond donors (Lipinski definition) is 1. The number of amides is 1. The number of aromatic amines is 1. The maximum Gasteiger partial charge on any atom is 0.254 e.